The number of nitrogens with zero attached hydrogens (tertiary/aromatic N) is 1. The third kappa shape index (κ3) is 6.02. The van der Waals surface area contributed by atoms with E-state index in [1.807, 2.05) is 52.0 Å². The summed E-state index contributed by atoms with van der Waals surface area (Å²) >= 11 is 0. The average molecular weight is 429 g/mol. The molecule has 2 unspecified atom stereocenters. The Morgan fingerprint density at radius 3 is 2.48 bits per heavy atom. The summed E-state index contributed by atoms with van der Waals surface area (Å²) in [5.41, 5.74) is 3.01. The first-order valence-electron chi connectivity index (χ1n) is 11.1. The summed E-state index contributed by atoms with van der Waals surface area (Å²) in [6.07, 6.45) is 1.04. The molecule has 3 rings (SSSR count). The van der Waals surface area contributed by atoms with Gasteiger partial charge in [-0.3, -0.25) is 4.79 Å². The Morgan fingerprint density at radius 2 is 1.77 bits per heavy atom. The number of aryl methyl sites for hydroxylation is 1. The third-order valence-electron chi connectivity index (χ3n) is 5.85. The summed E-state index contributed by atoms with van der Waals surface area (Å²) < 4.78 is 5.08. The second-order valence-electron chi connectivity index (χ2n) is 9.57. The molecule has 0 spiro atoms. The quantitative estimate of drug-likeness (QED) is 0.582. The van der Waals surface area contributed by atoms with Crippen molar-refractivity contribution in [2.24, 2.45) is 0 Å². The molecule has 7 heteroatoms. The molecule has 0 bridgehead atoms. The molecule has 1 aliphatic rings. The van der Waals surface area contributed by atoms with Crippen LogP contribution in [0.25, 0.3) is 10.9 Å². The number of pyridine rings is 1. The number of methoxy groups -OCH3 is 1. The zero-order valence-corrected chi connectivity index (χ0v) is 19.4. The van der Waals surface area contributed by atoms with Crippen molar-refractivity contribution in [2.75, 3.05) is 39.8 Å². The molecule has 1 fully saturated rings. The number of esters is 1. The lowest BCUT2D eigenvalue weighted by Gasteiger charge is -2.23. The van der Waals surface area contributed by atoms with Gasteiger partial charge in [-0.25, -0.2) is 9.78 Å². The third-order valence-corrected chi connectivity index (χ3v) is 5.85. The number of ether oxygens (including phenoxy) is 1. The number of benzene rings is 1. The number of carbonyl (C=O) groups is 2. The molecular formula is C24H36N4O3+2. The normalized spacial score (nSPS) is 19.6. The molecule has 168 valence electrons. The van der Waals surface area contributed by atoms with E-state index in [4.69, 9.17) is 9.72 Å². The Labute approximate surface area is 184 Å². The molecular weight excluding hydrogens is 392 g/mol. The first kappa shape index (κ1) is 23.2. The minimum atomic E-state index is -0.328. The Bertz CT molecular complexity index is 952. The predicted molar refractivity (Wildman–Crippen MR) is 120 cm³/mol. The molecule has 0 aliphatic carbocycles. The molecule has 2 atom stereocenters. The molecule has 1 saturated heterocycles. The van der Waals surface area contributed by atoms with Gasteiger partial charge in [-0.1, -0.05) is 18.2 Å². The first-order chi connectivity index (χ1) is 14.7. The molecule has 3 N–H and O–H groups in total. The van der Waals surface area contributed by atoms with Crippen LogP contribution in [-0.4, -0.2) is 62.2 Å². The van der Waals surface area contributed by atoms with Crippen LogP contribution in [-0.2, 0) is 16.1 Å². The van der Waals surface area contributed by atoms with Gasteiger partial charge in [0.15, 0.2) is 6.54 Å². The highest BCUT2D eigenvalue weighted by molar-refractivity contribution is 5.98. The molecule has 2 aromatic rings. The SMILES string of the molecule is COC(=O)c1c(C[NH+]2CCC[NH+](CC(=O)NC(C)(C)C)CC2)nc2ccccc2c1C. The van der Waals surface area contributed by atoms with Gasteiger partial charge in [0.2, 0.25) is 0 Å². The molecule has 0 radical (unpaired) electrons. The molecule has 1 aliphatic heterocycles. The smallest absolute Gasteiger partial charge is 0.340 e. The number of aromatic nitrogens is 1. The van der Waals surface area contributed by atoms with E-state index < -0.39 is 0 Å². The highest BCUT2D eigenvalue weighted by atomic mass is 16.5. The van der Waals surface area contributed by atoms with E-state index in [9.17, 15) is 9.59 Å². The maximum Gasteiger partial charge on any atom is 0.340 e. The van der Waals surface area contributed by atoms with Crippen molar-refractivity contribution in [3.8, 4) is 0 Å². The number of rotatable bonds is 5. The van der Waals surface area contributed by atoms with Gasteiger partial charge in [0.25, 0.3) is 5.91 Å². The Morgan fingerprint density at radius 1 is 1.10 bits per heavy atom. The molecule has 31 heavy (non-hydrogen) atoms. The second kappa shape index (κ2) is 9.75. The number of hydrogen-bond donors (Lipinski definition) is 3. The molecule has 7 nitrogen and oxygen atoms in total. The summed E-state index contributed by atoms with van der Waals surface area (Å²) in [5.74, 6) is -0.225. The Hall–Kier alpha value is -2.51. The van der Waals surface area contributed by atoms with Crippen LogP contribution in [0.15, 0.2) is 24.3 Å². The van der Waals surface area contributed by atoms with Crippen molar-refractivity contribution >= 4 is 22.8 Å². The fraction of sp³-hybridized carbons (Fsp3) is 0.542. The number of hydrogen-bond acceptors (Lipinski definition) is 4. The van der Waals surface area contributed by atoms with E-state index in [0.717, 1.165) is 54.8 Å². The summed E-state index contributed by atoms with van der Waals surface area (Å²) in [6, 6.07) is 7.92. The lowest BCUT2D eigenvalue weighted by Crippen LogP contribution is -3.17. The van der Waals surface area contributed by atoms with Crippen LogP contribution in [0.3, 0.4) is 0 Å². The van der Waals surface area contributed by atoms with Gasteiger partial charge in [-0.2, -0.15) is 0 Å². The van der Waals surface area contributed by atoms with Crippen molar-refractivity contribution in [3.05, 3.63) is 41.1 Å². The lowest BCUT2D eigenvalue weighted by atomic mass is 10.0. The minimum absolute atomic E-state index is 0.103. The molecule has 1 amide bonds. The van der Waals surface area contributed by atoms with Crippen molar-refractivity contribution in [1.82, 2.24) is 10.3 Å². The fourth-order valence-electron chi connectivity index (χ4n) is 4.41. The van der Waals surface area contributed by atoms with E-state index in [-0.39, 0.29) is 17.4 Å². The summed E-state index contributed by atoms with van der Waals surface area (Å²) in [6.45, 7) is 13.0. The first-order valence-corrected chi connectivity index (χ1v) is 11.1. The summed E-state index contributed by atoms with van der Waals surface area (Å²) in [5, 5.41) is 4.04. The van der Waals surface area contributed by atoms with E-state index in [1.54, 1.807) is 0 Å². The van der Waals surface area contributed by atoms with E-state index in [2.05, 4.69) is 5.32 Å². The van der Waals surface area contributed by atoms with Crippen molar-refractivity contribution < 1.29 is 24.1 Å². The van der Waals surface area contributed by atoms with Gasteiger partial charge < -0.3 is 19.9 Å². The maximum atomic E-state index is 12.6. The van der Waals surface area contributed by atoms with E-state index in [1.165, 1.54) is 16.9 Å². The van der Waals surface area contributed by atoms with Crippen LogP contribution < -0.4 is 15.1 Å². The van der Waals surface area contributed by atoms with Crippen LogP contribution in [0.4, 0.5) is 0 Å². The Kier molecular flexibility index (Phi) is 7.28. The number of nitrogens with one attached hydrogen (secondary N) is 3. The molecule has 1 aromatic heterocycles. The Balaban J connectivity index is 1.74. The highest BCUT2D eigenvalue weighted by Crippen LogP contribution is 2.23. The number of carbonyl (C=O) groups excluding carboxylic acids is 2. The number of fused-ring (bicyclic) bond motifs is 1. The lowest BCUT2D eigenvalue weighted by molar-refractivity contribution is -0.943. The standard InChI is InChI=1S/C24H34N4O3/c1-17-18-9-6-7-10-19(18)25-20(22(17)23(30)31-5)15-27-11-8-12-28(14-13-27)16-21(29)26-24(2,3)4/h6-7,9-10H,8,11-16H2,1-5H3,(H,26,29)/p+2. The summed E-state index contributed by atoms with van der Waals surface area (Å²) in [7, 11) is 1.42. The van der Waals surface area contributed by atoms with Crippen LogP contribution in [0.5, 0.6) is 0 Å². The maximum absolute atomic E-state index is 12.6. The summed E-state index contributed by atoms with van der Waals surface area (Å²) in [4.78, 5) is 32.4. The van der Waals surface area contributed by atoms with Crippen molar-refractivity contribution in [1.29, 1.82) is 0 Å². The molecule has 1 aromatic carbocycles. The van der Waals surface area contributed by atoms with Crippen LogP contribution in [0.2, 0.25) is 0 Å². The topological polar surface area (TPSA) is 77.2 Å². The van der Waals surface area contributed by atoms with E-state index in [0.29, 0.717) is 18.7 Å². The van der Waals surface area contributed by atoms with Crippen molar-refractivity contribution in [2.45, 2.75) is 46.2 Å². The fourth-order valence-corrected chi connectivity index (χ4v) is 4.41. The number of para-hydroxylation sites is 1. The minimum Gasteiger partial charge on any atom is -0.465 e. The van der Waals surface area contributed by atoms with Gasteiger partial charge in [-0.15, -0.1) is 0 Å². The second-order valence-corrected chi connectivity index (χ2v) is 9.57. The van der Waals surface area contributed by atoms with Gasteiger partial charge in [0.1, 0.15) is 25.3 Å². The number of amides is 1. The van der Waals surface area contributed by atoms with Gasteiger partial charge in [0, 0.05) is 17.3 Å². The van der Waals surface area contributed by atoms with Gasteiger partial charge >= 0.3 is 5.97 Å². The zero-order chi connectivity index (χ0) is 22.6. The highest BCUT2D eigenvalue weighted by Gasteiger charge is 2.27. The zero-order valence-electron chi connectivity index (χ0n) is 19.4. The predicted octanol–water partition coefficient (Wildman–Crippen LogP) is -0.0820. The monoisotopic (exact) mass is 428 g/mol. The molecule has 2 heterocycles. The van der Waals surface area contributed by atoms with Gasteiger partial charge in [0.05, 0.1) is 31.3 Å². The van der Waals surface area contributed by atoms with Crippen LogP contribution in [0, 0.1) is 6.92 Å². The van der Waals surface area contributed by atoms with Crippen LogP contribution in [0.1, 0.15) is 48.8 Å². The van der Waals surface area contributed by atoms with Crippen LogP contribution >= 0.6 is 0 Å². The largest absolute Gasteiger partial charge is 0.465 e. The average Bonchev–Trinajstić information content (AvgIpc) is 2.91. The van der Waals surface area contributed by atoms with Gasteiger partial charge in [-0.05, 0) is 39.3 Å². The van der Waals surface area contributed by atoms with E-state index >= 15 is 0 Å². The number of quaternary nitrogens is 2. The molecule has 0 saturated carbocycles. The van der Waals surface area contributed by atoms with Crippen molar-refractivity contribution in [3.63, 3.8) is 0 Å².